The average Bonchev–Trinajstić information content (AvgIpc) is 2.70. The molecule has 0 aromatic carbocycles. The Morgan fingerprint density at radius 2 is 2.46 bits per heavy atom. The van der Waals surface area contributed by atoms with Crippen molar-refractivity contribution in [1.29, 1.82) is 0 Å². The van der Waals surface area contributed by atoms with Crippen molar-refractivity contribution < 1.29 is 0 Å². The fourth-order valence-electron chi connectivity index (χ4n) is 1.74. The first kappa shape index (κ1) is 8.97. The van der Waals surface area contributed by atoms with Crippen LogP contribution in [-0.2, 0) is 6.54 Å². The van der Waals surface area contributed by atoms with Gasteiger partial charge in [0.05, 0.1) is 0 Å². The number of hydrogen-bond donors (Lipinski definition) is 1. The van der Waals surface area contributed by atoms with Gasteiger partial charge in [-0.2, -0.15) is 0 Å². The van der Waals surface area contributed by atoms with Crippen LogP contribution in [0.5, 0.6) is 0 Å². The maximum atomic E-state index is 3.18. The first-order valence-corrected chi connectivity index (χ1v) is 5.69. The van der Waals surface area contributed by atoms with Crippen molar-refractivity contribution in [2.45, 2.75) is 25.8 Å². The summed E-state index contributed by atoms with van der Waals surface area (Å²) >= 11 is 1.88. The maximum Gasteiger partial charge on any atom is 0.0302 e. The van der Waals surface area contributed by atoms with E-state index in [1.54, 1.807) is 5.57 Å². The Labute approximate surface area is 83.5 Å². The lowest BCUT2D eigenvalue weighted by Gasteiger charge is -1.95. The van der Waals surface area contributed by atoms with E-state index in [4.69, 9.17) is 0 Å². The molecule has 13 heavy (non-hydrogen) atoms. The smallest absolute Gasteiger partial charge is 0.0302 e. The molecule has 0 unspecified atom stereocenters. The SMILES string of the molecule is CNCc1csc(C2=CCCC2)c1. The minimum absolute atomic E-state index is 0.990. The van der Waals surface area contributed by atoms with E-state index in [1.807, 2.05) is 18.4 Å². The van der Waals surface area contributed by atoms with Crippen LogP contribution in [0.25, 0.3) is 5.57 Å². The molecule has 0 radical (unpaired) electrons. The molecule has 1 heterocycles. The quantitative estimate of drug-likeness (QED) is 0.778. The summed E-state index contributed by atoms with van der Waals surface area (Å²) < 4.78 is 0. The zero-order valence-electron chi connectivity index (χ0n) is 7.97. The molecule has 70 valence electrons. The molecule has 1 aliphatic rings. The van der Waals surface area contributed by atoms with Gasteiger partial charge < -0.3 is 5.32 Å². The predicted molar refractivity (Wildman–Crippen MR) is 58.9 cm³/mol. The molecule has 1 N–H and O–H groups in total. The third-order valence-corrected chi connectivity index (χ3v) is 3.45. The molecule has 0 atom stereocenters. The van der Waals surface area contributed by atoms with Gasteiger partial charge in [-0.25, -0.2) is 0 Å². The Morgan fingerprint density at radius 3 is 3.15 bits per heavy atom. The molecule has 0 spiro atoms. The number of allylic oxidation sites excluding steroid dienone is 2. The van der Waals surface area contributed by atoms with E-state index in [0.717, 1.165) is 6.54 Å². The Morgan fingerprint density at radius 1 is 1.54 bits per heavy atom. The molecule has 0 aliphatic heterocycles. The molecule has 2 heteroatoms. The highest BCUT2D eigenvalue weighted by Gasteiger charge is 2.08. The van der Waals surface area contributed by atoms with Gasteiger partial charge in [-0.15, -0.1) is 11.3 Å². The summed E-state index contributed by atoms with van der Waals surface area (Å²) in [7, 11) is 1.99. The Bertz CT molecular complexity index is 312. The first-order valence-electron chi connectivity index (χ1n) is 4.81. The van der Waals surface area contributed by atoms with E-state index in [2.05, 4.69) is 22.8 Å². The molecule has 0 bridgehead atoms. The summed E-state index contributed by atoms with van der Waals surface area (Å²) in [4.78, 5) is 1.47. The molecule has 1 aromatic heterocycles. The Kier molecular flexibility index (Phi) is 2.81. The second-order valence-corrected chi connectivity index (χ2v) is 4.38. The minimum Gasteiger partial charge on any atom is -0.316 e. The fraction of sp³-hybridized carbons (Fsp3) is 0.455. The van der Waals surface area contributed by atoms with Gasteiger partial charge in [0.25, 0.3) is 0 Å². The van der Waals surface area contributed by atoms with Crippen molar-refractivity contribution >= 4 is 16.9 Å². The van der Waals surface area contributed by atoms with Crippen LogP contribution in [0, 0.1) is 0 Å². The van der Waals surface area contributed by atoms with Crippen LogP contribution in [0.4, 0.5) is 0 Å². The molecule has 2 rings (SSSR count). The number of hydrogen-bond acceptors (Lipinski definition) is 2. The van der Waals surface area contributed by atoms with Crippen molar-refractivity contribution in [3.63, 3.8) is 0 Å². The van der Waals surface area contributed by atoms with Gasteiger partial charge in [-0.1, -0.05) is 6.08 Å². The second-order valence-electron chi connectivity index (χ2n) is 3.47. The van der Waals surface area contributed by atoms with Gasteiger partial charge in [0.1, 0.15) is 0 Å². The predicted octanol–water partition coefficient (Wildman–Crippen LogP) is 3.03. The van der Waals surface area contributed by atoms with Crippen LogP contribution in [0.1, 0.15) is 29.7 Å². The highest BCUT2D eigenvalue weighted by atomic mass is 32.1. The molecule has 1 nitrogen and oxygen atoms in total. The summed E-state index contributed by atoms with van der Waals surface area (Å²) in [5.74, 6) is 0. The zero-order valence-corrected chi connectivity index (χ0v) is 8.79. The maximum absolute atomic E-state index is 3.18. The number of thiophene rings is 1. The minimum atomic E-state index is 0.990. The van der Waals surface area contributed by atoms with Crippen molar-refractivity contribution in [3.05, 3.63) is 28.0 Å². The van der Waals surface area contributed by atoms with Crippen LogP contribution in [0.2, 0.25) is 0 Å². The molecule has 0 saturated heterocycles. The van der Waals surface area contributed by atoms with Crippen LogP contribution in [0.3, 0.4) is 0 Å². The highest BCUT2D eigenvalue weighted by Crippen LogP contribution is 2.31. The summed E-state index contributed by atoms with van der Waals surface area (Å²) in [6.07, 6.45) is 6.28. The summed E-state index contributed by atoms with van der Waals surface area (Å²) in [6, 6.07) is 2.32. The summed E-state index contributed by atoms with van der Waals surface area (Å²) in [5, 5.41) is 5.43. The molecule has 1 aromatic rings. The first-order chi connectivity index (χ1) is 6.40. The van der Waals surface area contributed by atoms with Crippen molar-refractivity contribution in [2.24, 2.45) is 0 Å². The fourth-order valence-corrected chi connectivity index (χ4v) is 2.72. The van der Waals surface area contributed by atoms with Gasteiger partial charge >= 0.3 is 0 Å². The Hall–Kier alpha value is -0.600. The standard InChI is InChI=1S/C11H15NS/c1-12-7-9-6-11(13-8-9)10-4-2-3-5-10/h4,6,8,12H,2-3,5,7H2,1H3. The number of rotatable bonds is 3. The lowest BCUT2D eigenvalue weighted by Crippen LogP contribution is -2.03. The Balaban J connectivity index is 2.12. The van der Waals surface area contributed by atoms with Gasteiger partial charge in [0, 0.05) is 11.4 Å². The van der Waals surface area contributed by atoms with Gasteiger partial charge in [0.15, 0.2) is 0 Å². The van der Waals surface area contributed by atoms with Crippen LogP contribution in [-0.4, -0.2) is 7.05 Å². The molecular weight excluding hydrogens is 178 g/mol. The molecule has 0 fully saturated rings. The van der Waals surface area contributed by atoms with Gasteiger partial charge in [-0.3, -0.25) is 0 Å². The van der Waals surface area contributed by atoms with Crippen molar-refractivity contribution in [1.82, 2.24) is 5.32 Å². The normalized spacial score (nSPS) is 16.2. The highest BCUT2D eigenvalue weighted by molar-refractivity contribution is 7.11. The zero-order chi connectivity index (χ0) is 9.10. The topological polar surface area (TPSA) is 12.0 Å². The van der Waals surface area contributed by atoms with Crippen molar-refractivity contribution in [3.8, 4) is 0 Å². The van der Waals surface area contributed by atoms with E-state index in [-0.39, 0.29) is 0 Å². The summed E-state index contributed by atoms with van der Waals surface area (Å²) in [5.41, 5.74) is 2.97. The van der Waals surface area contributed by atoms with Crippen LogP contribution < -0.4 is 5.32 Å². The van der Waals surface area contributed by atoms with Crippen LogP contribution in [0.15, 0.2) is 17.5 Å². The van der Waals surface area contributed by atoms with E-state index in [1.165, 1.54) is 29.7 Å². The van der Waals surface area contributed by atoms with E-state index in [0.29, 0.717) is 0 Å². The third-order valence-electron chi connectivity index (χ3n) is 2.39. The second kappa shape index (κ2) is 4.07. The largest absolute Gasteiger partial charge is 0.316 e. The molecule has 0 amide bonds. The van der Waals surface area contributed by atoms with E-state index >= 15 is 0 Å². The van der Waals surface area contributed by atoms with Crippen molar-refractivity contribution in [2.75, 3.05) is 7.05 Å². The molecule has 0 saturated carbocycles. The summed E-state index contributed by atoms with van der Waals surface area (Å²) in [6.45, 7) is 0.990. The lowest BCUT2D eigenvalue weighted by molar-refractivity contribution is 0.821. The number of nitrogens with one attached hydrogen (secondary N) is 1. The lowest BCUT2D eigenvalue weighted by atomic mass is 10.2. The van der Waals surface area contributed by atoms with Gasteiger partial charge in [-0.05, 0) is 48.9 Å². The van der Waals surface area contributed by atoms with E-state index in [9.17, 15) is 0 Å². The average molecular weight is 193 g/mol. The van der Waals surface area contributed by atoms with E-state index < -0.39 is 0 Å². The van der Waals surface area contributed by atoms with Crippen LogP contribution >= 0.6 is 11.3 Å². The molecule has 1 aliphatic carbocycles. The monoisotopic (exact) mass is 193 g/mol. The third kappa shape index (κ3) is 2.01. The molecular formula is C11H15NS. The van der Waals surface area contributed by atoms with Gasteiger partial charge in [0.2, 0.25) is 0 Å².